The molecule has 1 amide bonds. The smallest absolute Gasteiger partial charge is 0.340 e. The average molecular weight is 428 g/mol. The third-order valence-electron chi connectivity index (χ3n) is 4.83. The van der Waals surface area contributed by atoms with Crippen LogP contribution in [0.4, 0.5) is 5.69 Å². The van der Waals surface area contributed by atoms with Gasteiger partial charge in [0, 0.05) is 16.3 Å². The van der Waals surface area contributed by atoms with Gasteiger partial charge < -0.3 is 14.6 Å². The third-order valence-corrected chi connectivity index (χ3v) is 5.24. The zero-order valence-corrected chi connectivity index (χ0v) is 17.9. The van der Waals surface area contributed by atoms with Crippen LogP contribution in [0, 0.1) is 6.92 Å². The van der Waals surface area contributed by atoms with E-state index in [2.05, 4.69) is 0 Å². The number of allylic oxidation sites excluding steroid dienone is 1. The lowest BCUT2D eigenvalue weighted by atomic mass is 10.0. The van der Waals surface area contributed by atoms with Crippen LogP contribution in [-0.2, 0) is 14.3 Å². The number of carbonyl (C=O) groups excluding carboxylic acids is 2. The first kappa shape index (κ1) is 21.5. The molecule has 0 saturated heterocycles. The summed E-state index contributed by atoms with van der Waals surface area (Å²) in [7, 11) is 1.25. The van der Waals surface area contributed by atoms with Crippen LogP contribution in [0.25, 0.3) is 6.08 Å². The Balaban J connectivity index is 2.16. The van der Waals surface area contributed by atoms with Gasteiger partial charge in [0.1, 0.15) is 0 Å². The Bertz CT molecular complexity index is 1090. The van der Waals surface area contributed by atoms with Crippen molar-refractivity contribution in [2.75, 3.05) is 18.6 Å². The van der Waals surface area contributed by atoms with Crippen molar-refractivity contribution in [3.8, 4) is 11.5 Å². The maximum Gasteiger partial charge on any atom is 0.340 e. The third kappa shape index (κ3) is 3.78. The van der Waals surface area contributed by atoms with Gasteiger partial charge >= 0.3 is 5.97 Å². The van der Waals surface area contributed by atoms with Gasteiger partial charge in [-0.15, -0.1) is 0 Å². The lowest BCUT2D eigenvalue weighted by Gasteiger charge is -2.18. The van der Waals surface area contributed by atoms with E-state index in [1.807, 2.05) is 6.92 Å². The lowest BCUT2D eigenvalue weighted by Crippen LogP contribution is -2.24. The van der Waals surface area contributed by atoms with E-state index in [4.69, 9.17) is 21.1 Å². The Kier molecular flexibility index (Phi) is 6.17. The molecule has 6 nitrogen and oxygen atoms in total. The zero-order valence-electron chi connectivity index (χ0n) is 17.2. The molecule has 0 atom stereocenters. The van der Waals surface area contributed by atoms with Crippen LogP contribution >= 0.6 is 11.6 Å². The van der Waals surface area contributed by atoms with Crippen molar-refractivity contribution < 1.29 is 24.2 Å². The van der Waals surface area contributed by atoms with E-state index in [0.717, 1.165) is 5.56 Å². The molecule has 1 heterocycles. The van der Waals surface area contributed by atoms with Crippen LogP contribution in [0.2, 0.25) is 5.02 Å². The van der Waals surface area contributed by atoms with E-state index in [1.54, 1.807) is 50.2 Å². The predicted octanol–water partition coefficient (Wildman–Crippen LogP) is 4.63. The summed E-state index contributed by atoms with van der Waals surface area (Å²) in [5.74, 6) is -0.888. The fourth-order valence-corrected chi connectivity index (χ4v) is 3.47. The summed E-state index contributed by atoms with van der Waals surface area (Å²) >= 11 is 6.24. The average Bonchev–Trinajstić information content (AvgIpc) is 2.96. The topological polar surface area (TPSA) is 76.1 Å². The van der Waals surface area contributed by atoms with E-state index in [0.29, 0.717) is 34.3 Å². The number of para-hydroxylation sites is 1. The van der Waals surface area contributed by atoms with Crippen LogP contribution in [0.5, 0.6) is 11.5 Å². The van der Waals surface area contributed by atoms with Gasteiger partial charge in [0.25, 0.3) is 5.91 Å². The predicted molar refractivity (Wildman–Crippen MR) is 116 cm³/mol. The number of ether oxygens (including phenoxy) is 2. The van der Waals surface area contributed by atoms with Crippen LogP contribution in [0.1, 0.15) is 25.0 Å². The minimum Gasteiger partial charge on any atom is -0.504 e. The van der Waals surface area contributed by atoms with Gasteiger partial charge in [0.15, 0.2) is 11.5 Å². The van der Waals surface area contributed by atoms with Gasteiger partial charge in [-0.25, -0.2) is 4.79 Å². The molecule has 30 heavy (non-hydrogen) atoms. The van der Waals surface area contributed by atoms with Crippen molar-refractivity contribution in [1.29, 1.82) is 0 Å². The van der Waals surface area contributed by atoms with Gasteiger partial charge in [-0.05, 0) is 50.6 Å². The number of anilines is 1. The van der Waals surface area contributed by atoms with Crippen molar-refractivity contribution in [3.63, 3.8) is 0 Å². The minimum absolute atomic E-state index is 0.111. The normalized spacial score (nSPS) is 15.2. The number of hydrogen-bond donors (Lipinski definition) is 1. The molecule has 2 aromatic carbocycles. The molecule has 0 radical (unpaired) electrons. The number of methoxy groups -OCH3 is 1. The zero-order chi connectivity index (χ0) is 22.0. The Hall–Kier alpha value is -3.25. The van der Waals surface area contributed by atoms with Crippen LogP contribution in [0.15, 0.2) is 53.2 Å². The highest BCUT2D eigenvalue weighted by Gasteiger charge is 2.38. The summed E-state index contributed by atoms with van der Waals surface area (Å²) in [5, 5.41) is 11.0. The first-order chi connectivity index (χ1) is 14.3. The Labute approximate surface area is 180 Å². The van der Waals surface area contributed by atoms with Gasteiger partial charge in [-0.3, -0.25) is 9.69 Å². The number of nitrogens with zero attached hydrogens (tertiary/aromatic N) is 1. The Morgan fingerprint density at radius 1 is 1.23 bits per heavy atom. The summed E-state index contributed by atoms with van der Waals surface area (Å²) in [6.45, 7) is 5.70. The molecular formula is C23H22ClNO5. The number of rotatable bonds is 5. The van der Waals surface area contributed by atoms with Crippen LogP contribution in [-0.4, -0.2) is 30.7 Å². The standard InChI is InChI=1S/C23H22ClNO5/c1-5-30-19-8-6-7-15(21(19)26)11-17-20(23(28)29-4)14(3)25(22(17)27)16-10-9-13(2)18(24)12-16/h6-12,26H,5H2,1-4H3/b17-11-. The van der Waals surface area contributed by atoms with E-state index in [-0.39, 0.29) is 16.9 Å². The molecule has 3 rings (SSSR count). The second-order valence-electron chi connectivity index (χ2n) is 6.71. The Morgan fingerprint density at radius 3 is 2.60 bits per heavy atom. The molecule has 1 aliphatic rings. The van der Waals surface area contributed by atoms with Crippen LogP contribution < -0.4 is 9.64 Å². The van der Waals surface area contributed by atoms with Crippen molar-refractivity contribution in [3.05, 3.63) is 69.4 Å². The number of halogens is 1. The molecule has 0 saturated carbocycles. The SMILES string of the molecule is CCOc1cccc(/C=C2\C(=O)N(c3ccc(C)c(Cl)c3)C(C)=C2C(=O)OC)c1O. The highest BCUT2D eigenvalue weighted by atomic mass is 35.5. The minimum atomic E-state index is -0.645. The second-order valence-corrected chi connectivity index (χ2v) is 7.12. The maximum atomic E-state index is 13.3. The quantitative estimate of drug-likeness (QED) is 0.556. The molecular weight excluding hydrogens is 406 g/mol. The maximum absolute atomic E-state index is 13.3. The number of esters is 1. The number of aromatic hydroxyl groups is 1. The van der Waals surface area contributed by atoms with Gasteiger partial charge in [-0.1, -0.05) is 29.8 Å². The molecule has 0 aromatic heterocycles. The van der Waals surface area contributed by atoms with Crippen LogP contribution in [0.3, 0.4) is 0 Å². The highest BCUT2D eigenvalue weighted by molar-refractivity contribution is 6.32. The van der Waals surface area contributed by atoms with Gasteiger partial charge in [0.05, 0.1) is 30.6 Å². The fraction of sp³-hybridized carbons (Fsp3) is 0.217. The molecule has 156 valence electrons. The first-order valence-corrected chi connectivity index (χ1v) is 9.74. The van der Waals surface area contributed by atoms with E-state index >= 15 is 0 Å². The van der Waals surface area contributed by atoms with Gasteiger partial charge in [0.2, 0.25) is 0 Å². The molecule has 0 fully saturated rings. The molecule has 1 aliphatic heterocycles. The van der Waals surface area contributed by atoms with Crippen molar-refractivity contribution in [2.24, 2.45) is 0 Å². The molecule has 0 bridgehead atoms. The van der Waals surface area contributed by atoms with Gasteiger partial charge in [-0.2, -0.15) is 0 Å². The first-order valence-electron chi connectivity index (χ1n) is 9.36. The lowest BCUT2D eigenvalue weighted by molar-refractivity contribution is -0.136. The summed E-state index contributed by atoms with van der Waals surface area (Å²) < 4.78 is 10.3. The molecule has 0 unspecified atom stereocenters. The van der Waals surface area contributed by atoms with E-state index in [1.165, 1.54) is 18.1 Å². The van der Waals surface area contributed by atoms with E-state index in [9.17, 15) is 14.7 Å². The monoisotopic (exact) mass is 427 g/mol. The number of benzene rings is 2. The van der Waals surface area contributed by atoms with E-state index < -0.39 is 11.9 Å². The number of aryl methyl sites for hydroxylation is 1. The number of carbonyl (C=O) groups is 2. The molecule has 0 spiro atoms. The molecule has 0 aliphatic carbocycles. The summed E-state index contributed by atoms with van der Waals surface area (Å²) in [6, 6.07) is 10.2. The summed E-state index contributed by atoms with van der Waals surface area (Å²) in [4.78, 5) is 27.2. The Morgan fingerprint density at radius 2 is 1.97 bits per heavy atom. The highest BCUT2D eigenvalue weighted by Crippen LogP contribution is 2.39. The number of hydrogen-bond acceptors (Lipinski definition) is 5. The molecule has 2 aromatic rings. The molecule has 1 N–H and O–H groups in total. The van der Waals surface area contributed by atoms with Crippen molar-refractivity contribution in [1.82, 2.24) is 0 Å². The summed E-state index contributed by atoms with van der Waals surface area (Å²) in [6.07, 6.45) is 1.46. The fourth-order valence-electron chi connectivity index (χ4n) is 3.30. The molecule has 7 heteroatoms. The second kappa shape index (κ2) is 8.63. The number of phenols is 1. The van der Waals surface area contributed by atoms with Crippen molar-refractivity contribution >= 4 is 35.2 Å². The van der Waals surface area contributed by atoms with Crippen molar-refractivity contribution in [2.45, 2.75) is 20.8 Å². The largest absolute Gasteiger partial charge is 0.504 e. The number of phenolic OH excluding ortho intramolecular Hbond substituents is 1. The summed E-state index contributed by atoms with van der Waals surface area (Å²) in [5.41, 5.74) is 2.40. The number of amides is 1.